The summed E-state index contributed by atoms with van der Waals surface area (Å²) in [6, 6.07) is 1.48. The van der Waals surface area contributed by atoms with Gasteiger partial charge in [-0.1, -0.05) is 0 Å². The number of hydrogen-bond donors (Lipinski definition) is 1. The van der Waals surface area contributed by atoms with E-state index in [0.717, 1.165) is 0 Å². The Bertz CT molecular complexity index is 323. The third-order valence-corrected chi connectivity index (χ3v) is 3.85. The van der Waals surface area contributed by atoms with Crippen molar-refractivity contribution in [3.8, 4) is 0 Å². The molecule has 1 N–H and O–H groups in total. The molecule has 0 fully saturated rings. The number of aliphatic hydroxyl groups is 1. The molecule has 0 aromatic carbocycles. The third-order valence-electron chi connectivity index (χ3n) is 1.47. The monoisotopic (exact) mass is 352 g/mol. The first-order chi connectivity index (χ1) is 6.29. The lowest BCUT2D eigenvalue weighted by Crippen LogP contribution is -2.13. The van der Waals surface area contributed by atoms with Gasteiger partial charge in [-0.3, -0.25) is 0 Å². The highest BCUT2D eigenvalue weighted by atomic mass is 79.9. The Morgan fingerprint density at radius 2 is 2.00 bits per heavy atom. The second kappa shape index (κ2) is 4.51. The first kappa shape index (κ1) is 12.5. The number of hydrogen-bond acceptors (Lipinski definition) is 2. The van der Waals surface area contributed by atoms with Gasteiger partial charge in [-0.05, 0) is 37.9 Å². The van der Waals surface area contributed by atoms with Gasteiger partial charge < -0.3 is 5.11 Å². The van der Waals surface area contributed by atoms with Crippen molar-refractivity contribution in [2.75, 3.05) is 0 Å². The van der Waals surface area contributed by atoms with E-state index in [2.05, 4.69) is 31.9 Å². The fourth-order valence-electron chi connectivity index (χ4n) is 0.909. The normalized spacial score (nSPS) is 14.4. The lowest BCUT2D eigenvalue weighted by molar-refractivity contribution is -0.154. The summed E-state index contributed by atoms with van der Waals surface area (Å²) < 4.78 is 37.0. The summed E-state index contributed by atoms with van der Waals surface area (Å²) in [5.41, 5.74) is 0.263. The highest BCUT2D eigenvalue weighted by Gasteiger charge is 2.32. The predicted molar refractivity (Wildman–Crippen MR) is 55.4 cm³/mol. The van der Waals surface area contributed by atoms with E-state index >= 15 is 0 Å². The van der Waals surface area contributed by atoms with E-state index < -0.39 is 18.7 Å². The number of thiophene rings is 1. The highest BCUT2D eigenvalue weighted by molar-refractivity contribution is 9.12. The van der Waals surface area contributed by atoms with Gasteiger partial charge in [0.2, 0.25) is 0 Å². The van der Waals surface area contributed by atoms with Crippen molar-refractivity contribution in [1.29, 1.82) is 0 Å². The summed E-state index contributed by atoms with van der Waals surface area (Å²) in [7, 11) is 0. The van der Waals surface area contributed by atoms with Crippen LogP contribution in [0.25, 0.3) is 0 Å². The summed E-state index contributed by atoms with van der Waals surface area (Å²) in [5, 5.41) is 9.29. The second-order valence-corrected chi connectivity index (χ2v) is 6.36. The maximum Gasteiger partial charge on any atom is 0.391 e. The number of halogens is 5. The maximum absolute atomic E-state index is 11.9. The van der Waals surface area contributed by atoms with Crippen molar-refractivity contribution >= 4 is 43.2 Å². The molecule has 1 heterocycles. The Morgan fingerprint density at radius 1 is 1.43 bits per heavy atom. The molecule has 7 heteroatoms. The first-order valence-electron chi connectivity index (χ1n) is 3.49. The van der Waals surface area contributed by atoms with Gasteiger partial charge in [-0.15, -0.1) is 11.3 Å². The van der Waals surface area contributed by atoms with E-state index in [1.54, 1.807) is 0 Å². The van der Waals surface area contributed by atoms with Gasteiger partial charge in [-0.25, -0.2) is 0 Å². The van der Waals surface area contributed by atoms with Gasteiger partial charge in [0.15, 0.2) is 0 Å². The third kappa shape index (κ3) is 3.52. The van der Waals surface area contributed by atoms with Gasteiger partial charge in [0, 0.05) is 5.56 Å². The molecule has 1 atom stereocenters. The van der Waals surface area contributed by atoms with E-state index in [-0.39, 0.29) is 5.56 Å². The SMILES string of the molecule is OC(CC(F)(F)F)c1cc(Br)sc1Br. The van der Waals surface area contributed by atoms with Crippen molar-refractivity contribution < 1.29 is 18.3 Å². The Hall–Kier alpha value is 0.410. The molecule has 1 nitrogen and oxygen atoms in total. The number of alkyl halides is 3. The number of aliphatic hydroxyl groups excluding tert-OH is 1. The summed E-state index contributed by atoms with van der Waals surface area (Å²) in [5.74, 6) is 0. The van der Waals surface area contributed by atoms with Crippen LogP contribution >= 0.6 is 43.2 Å². The Morgan fingerprint density at radius 3 is 2.36 bits per heavy atom. The minimum atomic E-state index is -4.35. The van der Waals surface area contributed by atoms with E-state index in [9.17, 15) is 18.3 Å². The van der Waals surface area contributed by atoms with Crippen LogP contribution in [0.3, 0.4) is 0 Å². The highest BCUT2D eigenvalue weighted by Crippen LogP contribution is 2.39. The molecule has 0 aliphatic rings. The summed E-state index contributed by atoms with van der Waals surface area (Å²) >= 11 is 7.44. The minimum absolute atomic E-state index is 0.263. The van der Waals surface area contributed by atoms with E-state index in [0.29, 0.717) is 7.57 Å². The van der Waals surface area contributed by atoms with Gasteiger partial charge in [-0.2, -0.15) is 13.2 Å². The van der Waals surface area contributed by atoms with Crippen LogP contribution in [-0.4, -0.2) is 11.3 Å². The van der Waals surface area contributed by atoms with Crippen molar-refractivity contribution in [2.24, 2.45) is 0 Å². The number of rotatable bonds is 2. The zero-order chi connectivity index (χ0) is 10.9. The Kier molecular flexibility index (Phi) is 4.02. The summed E-state index contributed by atoms with van der Waals surface area (Å²) in [4.78, 5) is 0. The van der Waals surface area contributed by atoms with Crippen molar-refractivity contribution in [2.45, 2.75) is 18.7 Å². The molecule has 0 bridgehead atoms. The van der Waals surface area contributed by atoms with Gasteiger partial charge in [0.25, 0.3) is 0 Å². The summed E-state index contributed by atoms with van der Waals surface area (Å²) in [6.07, 6.45) is -7.09. The quantitative estimate of drug-likeness (QED) is 0.842. The Balaban J connectivity index is 2.79. The van der Waals surface area contributed by atoms with E-state index in [1.165, 1.54) is 17.4 Å². The fraction of sp³-hybridized carbons (Fsp3) is 0.429. The van der Waals surface area contributed by atoms with E-state index in [1.807, 2.05) is 0 Å². The predicted octanol–water partition coefficient (Wildman–Crippen LogP) is 4.26. The molecule has 1 aromatic heterocycles. The Labute approximate surface area is 99.2 Å². The molecular weight excluding hydrogens is 349 g/mol. The second-order valence-electron chi connectivity index (χ2n) is 2.61. The first-order valence-corrected chi connectivity index (χ1v) is 5.89. The molecule has 0 aliphatic carbocycles. The van der Waals surface area contributed by atoms with Crippen LogP contribution in [0.15, 0.2) is 13.6 Å². The minimum Gasteiger partial charge on any atom is -0.388 e. The van der Waals surface area contributed by atoms with Crippen molar-refractivity contribution in [3.05, 3.63) is 19.2 Å². The molecule has 80 valence electrons. The van der Waals surface area contributed by atoms with Crippen LogP contribution in [0.2, 0.25) is 0 Å². The van der Waals surface area contributed by atoms with Gasteiger partial charge in [0.1, 0.15) is 0 Å². The average Bonchev–Trinajstić information content (AvgIpc) is 2.26. The zero-order valence-electron chi connectivity index (χ0n) is 6.61. The average molecular weight is 354 g/mol. The van der Waals surface area contributed by atoms with Gasteiger partial charge in [0.05, 0.1) is 20.1 Å². The molecule has 14 heavy (non-hydrogen) atoms. The molecule has 0 saturated carbocycles. The zero-order valence-corrected chi connectivity index (χ0v) is 10.6. The van der Waals surface area contributed by atoms with Crippen molar-refractivity contribution in [3.63, 3.8) is 0 Å². The maximum atomic E-state index is 11.9. The topological polar surface area (TPSA) is 20.2 Å². The molecule has 0 amide bonds. The van der Waals surface area contributed by atoms with Crippen LogP contribution in [0, 0.1) is 0 Å². The largest absolute Gasteiger partial charge is 0.391 e. The lowest BCUT2D eigenvalue weighted by atomic mass is 10.1. The molecular formula is C7H5Br2F3OS. The molecule has 1 aromatic rings. The molecule has 0 aliphatic heterocycles. The van der Waals surface area contributed by atoms with Gasteiger partial charge >= 0.3 is 6.18 Å². The fourth-order valence-corrected chi connectivity index (χ4v) is 3.87. The van der Waals surface area contributed by atoms with Crippen LogP contribution in [0.4, 0.5) is 13.2 Å². The molecule has 0 radical (unpaired) electrons. The van der Waals surface area contributed by atoms with Crippen LogP contribution in [-0.2, 0) is 0 Å². The smallest absolute Gasteiger partial charge is 0.388 e. The van der Waals surface area contributed by atoms with E-state index in [4.69, 9.17) is 0 Å². The lowest BCUT2D eigenvalue weighted by Gasteiger charge is -2.12. The molecule has 0 saturated heterocycles. The van der Waals surface area contributed by atoms with Crippen LogP contribution < -0.4 is 0 Å². The molecule has 1 unspecified atom stereocenters. The summed E-state index contributed by atoms with van der Waals surface area (Å²) in [6.45, 7) is 0. The van der Waals surface area contributed by atoms with Crippen LogP contribution in [0.1, 0.15) is 18.1 Å². The van der Waals surface area contributed by atoms with Crippen molar-refractivity contribution in [1.82, 2.24) is 0 Å². The standard InChI is InChI=1S/C7H5Br2F3OS/c8-5-1-3(6(9)14-5)4(13)2-7(10,11)12/h1,4,13H,2H2. The molecule has 0 spiro atoms. The van der Waals surface area contributed by atoms with Crippen LogP contribution in [0.5, 0.6) is 0 Å². The molecule has 1 rings (SSSR count).